The summed E-state index contributed by atoms with van der Waals surface area (Å²) in [5.41, 5.74) is 7.37. The van der Waals surface area contributed by atoms with Crippen LogP contribution in [0.4, 0.5) is 5.69 Å². The van der Waals surface area contributed by atoms with Crippen molar-refractivity contribution in [2.24, 2.45) is 18.7 Å². The monoisotopic (exact) mass is 446 g/mol. The second-order valence-corrected chi connectivity index (χ2v) is 11.0. The molecule has 1 aromatic heterocycles. The number of hydrogen-bond acceptors (Lipinski definition) is 4. The number of aromatic nitrogens is 1. The Morgan fingerprint density at radius 2 is 1.68 bits per heavy atom. The molecule has 2 heterocycles. The van der Waals surface area contributed by atoms with Gasteiger partial charge in [-0.05, 0) is 42.0 Å². The number of piperidine rings is 1. The maximum Gasteiger partial charge on any atom is 0.265 e. The minimum atomic E-state index is -3.75. The van der Waals surface area contributed by atoms with Crippen molar-refractivity contribution in [1.29, 1.82) is 0 Å². The van der Waals surface area contributed by atoms with Crippen LogP contribution in [-0.4, -0.2) is 42.2 Å². The quantitative estimate of drug-likeness (QED) is 0.734. The van der Waals surface area contributed by atoms with E-state index < -0.39 is 15.9 Å². The molecule has 2 aromatic rings. The van der Waals surface area contributed by atoms with Crippen LogP contribution in [0.2, 0.25) is 0 Å². The molecule has 0 saturated carbocycles. The number of sulfonamides is 1. The average Bonchev–Trinajstić information content (AvgIpc) is 3.10. The van der Waals surface area contributed by atoms with Crippen LogP contribution in [0.15, 0.2) is 41.4 Å². The summed E-state index contributed by atoms with van der Waals surface area (Å²) in [5.74, 6) is -1.04. The van der Waals surface area contributed by atoms with Gasteiger partial charge in [0.05, 0.1) is 0 Å². The first kappa shape index (κ1) is 23.0. The lowest BCUT2D eigenvalue weighted by atomic mass is 9.87. The first-order valence-electron chi connectivity index (χ1n) is 10.3. The van der Waals surface area contributed by atoms with Crippen molar-refractivity contribution in [3.05, 3.63) is 47.8 Å². The lowest BCUT2D eigenvalue weighted by Gasteiger charge is -2.30. The second kappa shape index (κ2) is 8.47. The van der Waals surface area contributed by atoms with Gasteiger partial charge in [-0.2, -0.15) is 4.31 Å². The fourth-order valence-electron chi connectivity index (χ4n) is 3.73. The van der Waals surface area contributed by atoms with Crippen LogP contribution < -0.4 is 11.1 Å². The zero-order valence-corrected chi connectivity index (χ0v) is 19.2. The van der Waals surface area contributed by atoms with Crippen LogP contribution >= 0.6 is 0 Å². The Morgan fingerprint density at radius 1 is 1.10 bits per heavy atom. The second-order valence-electron chi connectivity index (χ2n) is 9.03. The Morgan fingerprint density at radius 3 is 2.16 bits per heavy atom. The van der Waals surface area contributed by atoms with Gasteiger partial charge >= 0.3 is 0 Å². The molecule has 0 bridgehead atoms. The molecule has 9 heteroatoms. The van der Waals surface area contributed by atoms with Gasteiger partial charge in [0.15, 0.2) is 0 Å². The highest BCUT2D eigenvalue weighted by Gasteiger charge is 2.33. The molecule has 1 saturated heterocycles. The van der Waals surface area contributed by atoms with Crippen molar-refractivity contribution in [1.82, 2.24) is 8.87 Å². The lowest BCUT2D eigenvalue weighted by molar-refractivity contribution is -0.120. The van der Waals surface area contributed by atoms with E-state index in [2.05, 4.69) is 26.1 Å². The van der Waals surface area contributed by atoms with Gasteiger partial charge in [0.2, 0.25) is 15.9 Å². The number of primary amides is 1. The number of nitrogens with one attached hydrogen (secondary N) is 1. The molecule has 31 heavy (non-hydrogen) atoms. The third-order valence-electron chi connectivity index (χ3n) is 5.71. The highest BCUT2D eigenvalue weighted by Crippen LogP contribution is 2.27. The number of carbonyl (C=O) groups excluding carboxylic acids is 2. The first-order chi connectivity index (χ1) is 14.4. The number of nitrogens with two attached hydrogens (primary N) is 1. The molecule has 1 fully saturated rings. The highest BCUT2D eigenvalue weighted by atomic mass is 32.2. The Bertz CT molecular complexity index is 1070. The van der Waals surface area contributed by atoms with Crippen molar-refractivity contribution in [3.8, 4) is 0 Å². The minimum absolute atomic E-state index is 0.0330. The fraction of sp³-hybridized carbons (Fsp3) is 0.455. The summed E-state index contributed by atoms with van der Waals surface area (Å²) in [6.07, 6.45) is 2.25. The summed E-state index contributed by atoms with van der Waals surface area (Å²) in [5, 5.41) is 2.94. The van der Waals surface area contributed by atoms with Crippen LogP contribution in [0.5, 0.6) is 0 Å². The molecular formula is C22H30N4O4S. The van der Waals surface area contributed by atoms with Gasteiger partial charge < -0.3 is 15.6 Å². The molecular weight excluding hydrogens is 416 g/mol. The van der Waals surface area contributed by atoms with E-state index in [0.717, 1.165) is 5.69 Å². The van der Waals surface area contributed by atoms with Crippen molar-refractivity contribution in [2.45, 2.75) is 43.9 Å². The van der Waals surface area contributed by atoms with E-state index in [1.165, 1.54) is 26.7 Å². The summed E-state index contributed by atoms with van der Waals surface area (Å²) >= 11 is 0. The molecule has 2 amide bonds. The van der Waals surface area contributed by atoms with E-state index in [-0.39, 0.29) is 40.9 Å². The standard InChI is InChI=1S/C22H30N4O4S/c1-22(2,3)16-5-7-17(8-6-16)24-21(28)15-9-11-26(12-10-15)31(29,30)18-13-19(20(23)27)25(4)14-18/h5-8,13-15H,9-12H2,1-4H3,(H2,23,27)(H,24,28). The third-order valence-corrected chi connectivity index (χ3v) is 7.58. The van der Waals surface area contributed by atoms with Crippen molar-refractivity contribution < 1.29 is 18.0 Å². The van der Waals surface area contributed by atoms with Gasteiger partial charge in [0.25, 0.3) is 5.91 Å². The van der Waals surface area contributed by atoms with E-state index in [1.54, 1.807) is 7.05 Å². The number of nitrogens with zero attached hydrogens (tertiary/aromatic N) is 2. The van der Waals surface area contributed by atoms with Crippen LogP contribution in [0.1, 0.15) is 49.7 Å². The normalized spacial score (nSPS) is 16.3. The van der Waals surface area contributed by atoms with Crippen LogP contribution in [0, 0.1) is 5.92 Å². The topological polar surface area (TPSA) is 114 Å². The Labute approximate surface area is 183 Å². The molecule has 1 aliphatic heterocycles. The summed E-state index contributed by atoms with van der Waals surface area (Å²) in [6.45, 7) is 6.88. The van der Waals surface area contributed by atoms with Gasteiger partial charge in [0, 0.05) is 37.9 Å². The summed E-state index contributed by atoms with van der Waals surface area (Å²) in [7, 11) is -2.18. The molecule has 0 spiro atoms. The first-order valence-corrected chi connectivity index (χ1v) is 11.7. The predicted molar refractivity (Wildman–Crippen MR) is 119 cm³/mol. The van der Waals surface area contributed by atoms with Crippen LogP contribution in [-0.2, 0) is 27.3 Å². The molecule has 3 N–H and O–H groups in total. The molecule has 0 aliphatic carbocycles. The van der Waals surface area contributed by atoms with Gasteiger partial charge in [-0.25, -0.2) is 8.42 Å². The Kier molecular flexibility index (Phi) is 6.29. The zero-order valence-electron chi connectivity index (χ0n) is 18.4. The van der Waals surface area contributed by atoms with E-state index in [4.69, 9.17) is 5.73 Å². The maximum atomic E-state index is 12.9. The lowest BCUT2D eigenvalue weighted by Crippen LogP contribution is -2.41. The molecule has 0 atom stereocenters. The predicted octanol–water partition coefficient (Wildman–Crippen LogP) is 2.46. The molecule has 0 radical (unpaired) electrons. The van der Waals surface area contributed by atoms with Crippen LogP contribution in [0.25, 0.3) is 0 Å². The average molecular weight is 447 g/mol. The largest absolute Gasteiger partial charge is 0.364 e. The Hall–Kier alpha value is -2.65. The fourth-order valence-corrected chi connectivity index (χ4v) is 5.27. The van der Waals surface area contributed by atoms with Gasteiger partial charge in [-0.1, -0.05) is 32.9 Å². The van der Waals surface area contributed by atoms with E-state index >= 15 is 0 Å². The number of carbonyl (C=O) groups is 2. The molecule has 1 aromatic carbocycles. The summed E-state index contributed by atoms with van der Waals surface area (Å²) in [4.78, 5) is 24.1. The molecule has 3 rings (SSSR count). The molecule has 1 aliphatic rings. The van der Waals surface area contributed by atoms with Gasteiger partial charge in [0.1, 0.15) is 10.6 Å². The van der Waals surface area contributed by atoms with Crippen molar-refractivity contribution in [2.75, 3.05) is 18.4 Å². The van der Waals surface area contributed by atoms with E-state index in [1.807, 2.05) is 24.3 Å². The smallest absolute Gasteiger partial charge is 0.265 e. The number of anilines is 1. The zero-order chi connectivity index (χ0) is 23.0. The van der Waals surface area contributed by atoms with Crippen molar-refractivity contribution >= 4 is 27.5 Å². The molecule has 168 valence electrons. The van der Waals surface area contributed by atoms with Crippen LogP contribution in [0.3, 0.4) is 0 Å². The maximum absolute atomic E-state index is 12.9. The van der Waals surface area contributed by atoms with E-state index in [0.29, 0.717) is 12.8 Å². The number of rotatable bonds is 5. The summed E-state index contributed by atoms with van der Waals surface area (Å²) in [6, 6.07) is 9.08. The van der Waals surface area contributed by atoms with Crippen molar-refractivity contribution in [3.63, 3.8) is 0 Å². The molecule has 0 unspecified atom stereocenters. The number of hydrogen-bond donors (Lipinski definition) is 2. The van der Waals surface area contributed by atoms with Gasteiger partial charge in [-0.3, -0.25) is 9.59 Å². The van der Waals surface area contributed by atoms with Gasteiger partial charge in [-0.15, -0.1) is 0 Å². The number of amides is 2. The summed E-state index contributed by atoms with van der Waals surface area (Å²) < 4.78 is 28.6. The van der Waals surface area contributed by atoms with E-state index in [9.17, 15) is 18.0 Å². The number of aryl methyl sites for hydroxylation is 1. The number of benzene rings is 1. The Balaban J connectivity index is 1.61. The third kappa shape index (κ3) is 4.99. The highest BCUT2D eigenvalue weighted by molar-refractivity contribution is 7.89. The SMILES string of the molecule is Cn1cc(S(=O)(=O)N2CCC(C(=O)Nc3ccc(C(C)(C)C)cc3)CC2)cc1C(N)=O. The molecule has 8 nitrogen and oxygen atoms in total. The minimum Gasteiger partial charge on any atom is -0.364 e.